The standard InChI is InChI=1S/C12H27NO/c1-5-7-8-12(6-2,10-14)13-9-11(3)4/h11,13-14H,5-10H2,1-4H3. The molecule has 0 rings (SSSR count). The summed E-state index contributed by atoms with van der Waals surface area (Å²) in [6, 6.07) is 0. The van der Waals surface area contributed by atoms with Crippen LogP contribution in [0.3, 0.4) is 0 Å². The third kappa shape index (κ3) is 4.97. The van der Waals surface area contributed by atoms with Crippen molar-refractivity contribution in [3.63, 3.8) is 0 Å². The maximum Gasteiger partial charge on any atom is 0.0613 e. The number of hydrogen-bond donors (Lipinski definition) is 2. The second-order valence-electron chi connectivity index (χ2n) is 4.67. The molecule has 0 saturated heterocycles. The van der Waals surface area contributed by atoms with Crippen molar-refractivity contribution in [3.05, 3.63) is 0 Å². The predicted molar refractivity (Wildman–Crippen MR) is 62.5 cm³/mol. The van der Waals surface area contributed by atoms with Gasteiger partial charge in [0.05, 0.1) is 6.61 Å². The smallest absolute Gasteiger partial charge is 0.0613 e. The molecule has 1 unspecified atom stereocenters. The Balaban J connectivity index is 4.07. The maximum atomic E-state index is 9.45. The van der Waals surface area contributed by atoms with Gasteiger partial charge in [0, 0.05) is 5.54 Å². The summed E-state index contributed by atoms with van der Waals surface area (Å²) >= 11 is 0. The van der Waals surface area contributed by atoms with Gasteiger partial charge in [-0.2, -0.15) is 0 Å². The molecule has 0 aliphatic heterocycles. The molecule has 2 nitrogen and oxygen atoms in total. The van der Waals surface area contributed by atoms with Crippen LogP contribution in [0, 0.1) is 5.92 Å². The van der Waals surface area contributed by atoms with Crippen LogP contribution in [-0.2, 0) is 0 Å². The predicted octanol–water partition coefficient (Wildman–Crippen LogP) is 2.56. The first-order valence-electron chi connectivity index (χ1n) is 5.96. The van der Waals surface area contributed by atoms with Gasteiger partial charge < -0.3 is 10.4 Å². The van der Waals surface area contributed by atoms with Gasteiger partial charge in [0.1, 0.15) is 0 Å². The summed E-state index contributed by atoms with van der Waals surface area (Å²) in [5.41, 5.74) is -0.0275. The summed E-state index contributed by atoms with van der Waals surface area (Å²) in [7, 11) is 0. The van der Waals surface area contributed by atoms with E-state index in [-0.39, 0.29) is 12.1 Å². The zero-order chi connectivity index (χ0) is 11.0. The van der Waals surface area contributed by atoms with Crippen LogP contribution < -0.4 is 5.32 Å². The molecule has 1 atom stereocenters. The molecule has 0 amide bonds. The van der Waals surface area contributed by atoms with Gasteiger partial charge in [0.2, 0.25) is 0 Å². The average molecular weight is 201 g/mol. The molecular formula is C12H27NO. The first-order chi connectivity index (χ1) is 6.60. The summed E-state index contributed by atoms with van der Waals surface area (Å²) < 4.78 is 0. The van der Waals surface area contributed by atoms with Crippen molar-refractivity contribution in [1.82, 2.24) is 5.32 Å². The monoisotopic (exact) mass is 201 g/mol. The first-order valence-corrected chi connectivity index (χ1v) is 5.96. The third-order valence-corrected chi connectivity index (χ3v) is 2.87. The number of unbranched alkanes of at least 4 members (excludes halogenated alkanes) is 1. The molecule has 0 fully saturated rings. The molecule has 0 aromatic carbocycles. The van der Waals surface area contributed by atoms with Crippen LogP contribution >= 0.6 is 0 Å². The lowest BCUT2D eigenvalue weighted by Gasteiger charge is -2.33. The molecule has 0 aromatic rings. The Bertz CT molecular complexity index is 130. The summed E-state index contributed by atoms with van der Waals surface area (Å²) in [4.78, 5) is 0. The third-order valence-electron chi connectivity index (χ3n) is 2.87. The van der Waals surface area contributed by atoms with Gasteiger partial charge in [0.15, 0.2) is 0 Å². The number of nitrogens with one attached hydrogen (secondary N) is 1. The average Bonchev–Trinajstić information content (AvgIpc) is 2.19. The second-order valence-corrected chi connectivity index (χ2v) is 4.67. The summed E-state index contributed by atoms with van der Waals surface area (Å²) in [6.45, 7) is 10.0. The molecule has 0 aliphatic rings. The molecular weight excluding hydrogens is 174 g/mol. The normalized spacial score (nSPS) is 15.9. The van der Waals surface area contributed by atoms with Crippen molar-refractivity contribution in [3.8, 4) is 0 Å². The van der Waals surface area contributed by atoms with Gasteiger partial charge in [-0.25, -0.2) is 0 Å². The molecule has 0 heterocycles. The Hall–Kier alpha value is -0.0800. The quantitative estimate of drug-likeness (QED) is 0.632. The fraction of sp³-hybridized carbons (Fsp3) is 1.00. The van der Waals surface area contributed by atoms with E-state index in [0.717, 1.165) is 19.4 Å². The highest BCUT2D eigenvalue weighted by atomic mass is 16.3. The van der Waals surface area contributed by atoms with Crippen LogP contribution in [0.4, 0.5) is 0 Å². The molecule has 0 radical (unpaired) electrons. The molecule has 0 aliphatic carbocycles. The van der Waals surface area contributed by atoms with Crippen molar-refractivity contribution in [2.75, 3.05) is 13.2 Å². The van der Waals surface area contributed by atoms with E-state index in [1.165, 1.54) is 12.8 Å². The molecule has 0 spiro atoms. The lowest BCUT2D eigenvalue weighted by atomic mass is 9.90. The van der Waals surface area contributed by atoms with Crippen LogP contribution in [0.25, 0.3) is 0 Å². The summed E-state index contributed by atoms with van der Waals surface area (Å²) in [5, 5.41) is 13.0. The molecule has 14 heavy (non-hydrogen) atoms. The van der Waals surface area contributed by atoms with E-state index in [4.69, 9.17) is 0 Å². The SMILES string of the molecule is CCCCC(CC)(CO)NCC(C)C. The Morgan fingerprint density at radius 2 is 1.93 bits per heavy atom. The van der Waals surface area contributed by atoms with Crippen LogP contribution in [0.1, 0.15) is 53.4 Å². The minimum absolute atomic E-state index is 0.0275. The summed E-state index contributed by atoms with van der Waals surface area (Å²) in [5.74, 6) is 0.647. The van der Waals surface area contributed by atoms with Crippen molar-refractivity contribution >= 4 is 0 Å². The van der Waals surface area contributed by atoms with Gasteiger partial charge in [0.25, 0.3) is 0 Å². The Kier molecular flexibility index (Phi) is 7.20. The van der Waals surface area contributed by atoms with Crippen LogP contribution in [0.5, 0.6) is 0 Å². The highest BCUT2D eigenvalue weighted by Gasteiger charge is 2.25. The highest BCUT2D eigenvalue weighted by Crippen LogP contribution is 2.18. The van der Waals surface area contributed by atoms with Crippen LogP contribution in [0.15, 0.2) is 0 Å². The van der Waals surface area contributed by atoms with E-state index in [9.17, 15) is 5.11 Å². The number of hydrogen-bond acceptors (Lipinski definition) is 2. The molecule has 86 valence electrons. The van der Waals surface area contributed by atoms with E-state index in [2.05, 4.69) is 33.0 Å². The molecule has 0 aromatic heterocycles. The van der Waals surface area contributed by atoms with E-state index in [1.807, 2.05) is 0 Å². The number of aliphatic hydroxyl groups is 1. The molecule has 2 heteroatoms. The lowest BCUT2D eigenvalue weighted by molar-refractivity contribution is 0.140. The van der Waals surface area contributed by atoms with Crippen molar-refractivity contribution in [2.24, 2.45) is 5.92 Å². The Morgan fingerprint density at radius 3 is 2.29 bits per heavy atom. The van der Waals surface area contributed by atoms with Gasteiger partial charge in [-0.1, -0.05) is 40.5 Å². The Morgan fingerprint density at radius 1 is 1.29 bits per heavy atom. The van der Waals surface area contributed by atoms with Crippen molar-refractivity contribution < 1.29 is 5.11 Å². The zero-order valence-corrected chi connectivity index (χ0v) is 10.3. The molecule has 0 bridgehead atoms. The van der Waals surface area contributed by atoms with Gasteiger partial charge >= 0.3 is 0 Å². The maximum absolute atomic E-state index is 9.45. The summed E-state index contributed by atoms with van der Waals surface area (Å²) in [6.07, 6.45) is 4.49. The Labute approximate surface area is 89.1 Å². The molecule has 0 saturated carbocycles. The van der Waals surface area contributed by atoms with Crippen LogP contribution in [-0.4, -0.2) is 23.8 Å². The van der Waals surface area contributed by atoms with Gasteiger partial charge in [-0.3, -0.25) is 0 Å². The highest BCUT2D eigenvalue weighted by molar-refractivity contribution is 4.86. The number of rotatable bonds is 8. The van der Waals surface area contributed by atoms with E-state index >= 15 is 0 Å². The fourth-order valence-corrected chi connectivity index (χ4v) is 1.57. The van der Waals surface area contributed by atoms with Crippen molar-refractivity contribution in [1.29, 1.82) is 0 Å². The minimum atomic E-state index is -0.0275. The van der Waals surface area contributed by atoms with Gasteiger partial charge in [-0.05, 0) is 25.3 Å². The van der Waals surface area contributed by atoms with E-state index in [0.29, 0.717) is 5.92 Å². The van der Waals surface area contributed by atoms with Crippen molar-refractivity contribution in [2.45, 2.75) is 58.9 Å². The van der Waals surface area contributed by atoms with E-state index < -0.39 is 0 Å². The fourth-order valence-electron chi connectivity index (χ4n) is 1.57. The number of aliphatic hydroxyl groups excluding tert-OH is 1. The zero-order valence-electron chi connectivity index (χ0n) is 10.3. The minimum Gasteiger partial charge on any atom is -0.394 e. The van der Waals surface area contributed by atoms with Gasteiger partial charge in [-0.15, -0.1) is 0 Å². The van der Waals surface area contributed by atoms with E-state index in [1.54, 1.807) is 0 Å². The second kappa shape index (κ2) is 7.24. The largest absolute Gasteiger partial charge is 0.394 e. The first kappa shape index (κ1) is 13.9. The topological polar surface area (TPSA) is 32.3 Å². The van der Waals surface area contributed by atoms with Crippen LogP contribution in [0.2, 0.25) is 0 Å². The lowest BCUT2D eigenvalue weighted by Crippen LogP contribution is -2.49. The molecule has 2 N–H and O–H groups in total.